The van der Waals surface area contributed by atoms with Gasteiger partial charge < -0.3 is 24.8 Å². The van der Waals surface area contributed by atoms with E-state index < -0.39 is 0 Å². The fraction of sp³-hybridized carbons (Fsp3) is 0.129. The Bertz CT molecular complexity index is 1630. The zero-order valence-electron chi connectivity index (χ0n) is 21.3. The van der Waals surface area contributed by atoms with E-state index in [1.54, 1.807) is 6.20 Å². The number of amides is 1. The van der Waals surface area contributed by atoms with E-state index in [1.807, 2.05) is 42.5 Å². The van der Waals surface area contributed by atoms with Crippen LogP contribution >= 0.6 is 12.2 Å². The molecular formula is C31H27N5O2S. The van der Waals surface area contributed by atoms with Crippen LogP contribution in [0.2, 0.25) is 0 Å². The average Bonchev–Trinajstić information content (AvgIpc) is 3.58. The second-order valence-electron chi connectivity index (χ2n) is 9.36. The Morgan fingerprint density at radius 1 is 0.949 bits per heavy atom. The molecule has 0 aliphatic carbocycles. The Labute approximate surface area is 232 Å². The third-order valence-electron chi connectivity index (χ3n) is 6.90. The van der Waals surface area contributed by atoms with Gasteiger partial charge in [-0.3, -0.25) is 9.78 Å². The molecule has 2 N–H and O–H groups in total. The number of aromatic nitrogens is 2. The number of pyridine rings is 1. The third-order valence-corrected chi connectivity index (χ3v) is 7.21. The lowest BCUT2D eigenvalue weighted by molar-refractivity contribution is -0.119. The number of anilines is 2. The van der Waals surface area contributed by atoms with Crippen molar-refractivity contribution in [3.63, 3.8) is 0 Å². The number of fused-ring (bicyclic) bond motifs is 1. The highest BCUT2D eigenvalue weighted by Gasteiger charge is 2.42. The minimum Gasteiger partial charge on any atom is -0.375 e. The highest BCUT2D eigenvalue weighted by atomic mass is 32.1. The van der Waals surface area contributed by atoms with Gasteiger partial charge in [-0.1, -0.05) is 36.4 Å². The van der Waals surface area contributed by atoms with Crippen LogP contribution in [0.3, 0.4) is 0 Å². The number of hydrogen-bond acceptors (Lipinski definition) is 4. The van der Waals surface area contributed by atoms with Crippen molar-refractivity contribution in [1.82, 2.24) is 14.9 Å². The summed E-state index contributed by atoms with van der Waals surface area (Å²) in [6, 6.07) is 32.3. The first-order chi connectivity index (χ1) is 19.1. The van der Waals surface area contributed by atoms with E-state index in [1.165, 1.54) is 17.9 Å². The van der Waals surface area contributed by atoms with Crippen LogP contribution in [0, 0.1) is 0 Å². The number of thiocarbonyl (C=S) groups is 1. The van der Waals surface area contributed by atoms with Crippen molar-refractivity contribution in [3.05, 3.63) is 121 Å². The van der Waals surface area contributed by atoms with Crippen molar-refractivity contribution in [2.45, 2.75) is 12.1 Å². The smallest absolute Gasteiger partial charge is 0.250 e. The van der Waals surface area contributed by atoms with Gasteiger partial charge in [-0.2, -0.15) is 0 Å². The Balaban J connectivity index is 1.42. The fourth-order valence-electron chi connectivity index (χ4n) is 5.16. The van der Waals surface area contributed by atoms with Crippen molar-refractivity contribution in [3.8, 4) is 5.69 Å². The molecule has 3 heterocycles. The Morgan fingerprint density at radius 2 is 1.72 bits per heavy atom. The van der Waals surface area contributed by atoms with Crippen LogP contribution in [0.4, 0.5) is 11.4 Å². The molecule has 39 heavy (non-hydrogen) atoms. The fourth-order valence-corrected chi connectivity index (χ4v) is 5.51. The number of benzene rings is 3. The second kappa shape index (κ2) is 10.7. The zero-order valence-corrected chi connectivity index (χ0v) is 22.1. The summed E-state index contributed by atoms with van der Waals surface area (Å²) in [5.41, 5.74) is 4.65. The summed E-state index contributed by atoms with van der Waals surface area (Å²) in [6.07, 6.45) is 3.89. The van der Waals surface area contributed by atoms with Crippen LogP contribution in [0.25, 0.3) is 16.5 Å². The van der Waals surface area contributed by atoms with Gasteiger partial charge in [0.1, 0.15) is 12.6 Å². The lowest BCUT2D eigenvalue weighted by Gasteiger charge is -2.29. The molecule has 0 spiro atoms. The maximum atomic E-state index is 12.0. The predicted octanol–water partition coefficient (Wildman–Crippen LogP) is 5.79. The lowest BCUT2D eigenvalue weighted by Crippen LogP contribution is -2.30. The molecule has 8 heteroatoms. The molecule has 0 unspecified atom stereocenters. The predicted molar refractivity (Wildman–Crippen MR) is 158 cm³/mol. The van der Waals surface area contributed by atoms with Crippen LogP contribution in [0.1, 0.15) is 23.5 Å². The maximum absolute atomic E-state index is 12.0. The van der Waals surface area contributed by atoms with Crippen molar-refractivity contribution < 1.29 is 9.53 Å². The van der Waals surface area contributed by atoms with Gasteiger partial charge in [0.15, 0.2) is 5.11 Å². The summed E-state index contributed by atoms with van der Waals surface area (Å²) < 4.78 is 7.14. The van der Waals surface area contributed by atoms with Gasteiger partial charge in [-0.05, 0) is 83.7 Å². The molecule has 3 aromatic carbocycles. The Hall–Kier alpha value is -4.53. The largest absolute Gasteiger partial charge is 0.375 e. The molecule has 5 aromatic rings. The van der Waals surface area contributed by atoms with Gasteiger partial charge in [0.25, 0.3) is 0 Å². The summed E-state index contributed by atoms with van der Waals surface area (Å²) >= 11 is 5.90. The van der Waals surface area contributed by atoms with Crippen molar-refractivity contribution in [1.29, 1.82) is 0 Å². The molecule has 1 aliphatic rings. The second-order valence-corrected chi connectivity index (χ2v) is 9.75. The van der Waals surface area contributed by atoms with Crippen molar-refractivity contribution >= 4 is 45.4 Å². The van der Waals surface area contributed by atoms with Crippen molar-refractivity contribution in [2.24, 2.45) is 0 Å². The van der Waals surface area contributed by atoms with E-state index >= 15 is 0 Å². The molecule has 1 amide bonds. The van der Waals surface area contributed by atoms with Gasteiger partial charge in [0.2, 0.25) is 5.91 Å². The molecule has 1 aliphatic heterocycles. The number of hydrogen-bond donors (Lipinski definition) is 2. The molecule has 194 valence electrons. The van der Waals surface area contributed by atoms with E-state index in [2.05, 4.69) is 85.9 Å². The van der Waals surface area contributed by atoms with Crippen LogP contribution in [0.5, 0.6) is 0 Å². The monoisotopic (exact) mass is 533 g/mol. The number of nitrogens with one attached hydrogen (secondary N) is 2. The van der Waals surface area contributed by atoms with E-state index in [9.17, 15) is 4.79 Å². The average molecular weight is 534 g/mol. The van der Waals surface area contributed by atoms with E-state index in [-0.39, 0.29) is 24.6 Å². The number of carbonyl (C=O) groups excluding carboxylic acids is 1. The summed E-state index contributed by atoms with van der Waals surface area (Å²) in [4.78, 5) is 18.8. The molecule has 2 aromatic heterocycles. The van der Waals surface area contributed by atoms with E-state index in [0.717, 1.165) is 22.8 Å². The molecule has 6 rings (SSSR count). The SMILES string of the molecule is COCC(=O)Nc1ccc(N2C(=S)N[C@@H](c3ccccn3)[C@H]2c2cccn2-c2ccc3ccccc3c2)cc1. The molecular weight excluding hydrogens is 506 g/mol. The number of methoxy groups -OCH3 is 1. The van der Waals surface area contributed by atoms with Gasteiger partial charge in [0, 0.05) is 42.3 Å². The highest BCUT2D eigenvalue weighted by Crippen LogP contribution is 2.42. The summed E-state index contributed by atoms with van der Waals surface area (Å²) in [6.45, 7) is 0.00146. The van der Waals surface area contributed by atoms with Gasteiger partial charge in [-0.25, -0.2) is 0 Å². The molecule has 0 radical (unpaired) electrons. The van der Waals surface area contributed by atoms with Crippen LogP contribution in [-0.4, -0.2) is 34.3 Å². The number of nitrogens with zero attached hydrogens (tertiary/aromatic N) is 3. The molecule has 1 saturated heterocycles. The molecule has 7 nitrogen and oxygen atoms in total. The Morgan fingerprint density at radius 3 is 2.49 bits per heavy atom. The highest BCUT2D eigenvalue weighted by molar-refractivity contribution is 7.80. The minimum atomic E-state index is -0.204. The first-order valence-corrected chi connectivity index (χ1v) is 13.1. The summed E-state index contributed by atoms with van der Waals surface area (Å²) in [5, 5.41) is 9.36. The summed E-state index contributed by atoms with van der Waals surface area (Å²) in [7, 11) is 1.50. The first-order valence-electron chi connectivity index (χ1n) is 12.7. The number of carbonyl (C=O) groups is 1. The third kappa shape index (κ3) is 4.87. The normalized spacial score (nSPS) is 16.8. The first kappa shape index (κ1) is 24.8. The van der Waals surface area contributed by atoms with Gasteiger partial charge >= 0.3 is 0 Å². The molecule has 0 bridgehead atoms. The Kier molecular flexibility index (Phi) is 6.79. The zero-order chi connectivity index (χ0) is 26.8. The molecule has 1 fully saturated rings. The standard InChI is InChI=1S/C31H27N5O2S/c1-38-20-28(37)33-23-12-15-24(16-13-23)36-30(29(34-31(36)39)26-9-4-5-17-32-26)27-10-6-18-35(27)25-14-11-21-7-2-3-8-22(21)19-25/h2-19,29-30H,20H2,1H3,(H,33,37)(H,34,39)/t29-,30+/m0/s1. The quantitative estimate of drug-likeness (QED) is 0.258. The van der Waals surface area contributed by atoms with E-state index in [4.69, 9.17) is 17.0 Å². The molecule has 2 atom stereocenters. The van der Waals surface area contributed by atoms with Crippen LogP contribution in [0.15, 0.2) is 109 Å². The number of rotatable bonds is 7. The van der Waals surface area contributed by atoms with Crippen molar-refractivity contribution in [2.75, 3.05) is 23.9 Å². The van der Waals surface area contributed by atoms with Crippen LogP contribution in [-0.2, 0) is 9.53 Å². The minimum absolute atomic E-state index is 0.00146. The van der Waals surface area contributed by atoms with Gasteiger partial charge in [-0.15, -0.1) is 0 Å². The summed E-state index contributed by atoms with van der Waals surface area (Å²) in [5.74, 6) is -0.204. The van der Waals surface area contributed by atoms with Crippen LogP contribution < -0.4 is 15.5 Å². The topological polar surface area (TPSA) is 71.4 Å². The maximum Gasteiger partial charge on any atom is 0.250 e. The van der Waals surface area contributed by atoms with E-state index in [0.29, 0.717) is 10.8 Å². The molecule has 0 saturated carbocycles. The van der Waals surface area contributed by atoms with Gasteiger partial charge in [0.05, 0.1) is 11.7 Å². The lowest BCUT2D eigenvalue weighted by atomic mass is 10.0. The number of ether oxygens (including phenoxy) is 1.